The third-order valence-electron chi connectivity index (χ3n) is 2.72. The van der Waals surface area contributed by atoms with E-state index in [9.17, 15) is 5.26 Å². The van der Waals surface area contributed by atoms with Gasteiger partial charge >= 0.3 is 0 Å². The fourth-order valence-electron chi connectivity index (χ4n) is 1.31. The molecule has 0 spiro atoms. The second kappa shape index (κ2) is 4.78. The number of hydrogen-bond donors (Lipinski definition) is 0. The molecule has 0 fully saturated rings. The minimum Gasteiger partial charge on any atom is -0.292 e. The highest BCUT2D eigenvalue weighted by molar-refractivity contribution is 9.10. The van der Waals surface area contributed by atoms with Crippen molar-refractivity contribution in [1.29, 1.82) is 5.26 Å². The first-order valence-corrected chi connectivity index (χ1v) is 5.61. The molecule has 15 heavy (non-hydrogen) atoms. The van der Waals surface area contributed by atoms with Crippen molar-refractivity contribution in [3.63, 3.8) is 0 Å². The zero-order valence-corrected chi connectivity index (χ0v) is 10.9. The van der Waals surface area contributed by atoms with E-state index < -0.39 is 5.54 Å². The highest BCUT2D eigenvalue weighted by Gasteiger charge is 2.27. The van der Waals surface area contributed by atoms with Crippen LogP contribution >= 0.6 is 15.9 Å². The van der Waals surface area contributed by atoms with Crippen LogP contribution in [0.3, 0.4) is 0 Å². The normalized spacial score (nSPS) is 14.7. The van der Waals surface area contributed by atoms with E-state index in [2.05, 4.69) is 22.0 Å². The minimum atomic E-state index is -0.454. The number of halogens is 1. The van der Waals surface area contributed by atoms with Crippen LogP contribution in [-0.4, -0.2) is 24.5 Å². The first-order chi connectivity index (χ1) is 6.99. The Morgan fingerprint density at radius 1 is 1.40 bits per heavy atom. The molecule has 0 N–H and O–H groups in total. The number of nitrogens with zero attached hydrogens (tertiary/aromatic N) is 2. The predicted molar refractivity (Wildman–Crippen MR) is 65.6 cm³/mol. The number of likely N-dealkylation sites (N-methyl/N-ethyl adjacent to an activating group) is 1. The fourth-order valence-corrected chi connectivity index (χ4v) is 1.74. The zero-order valence-electron chi connectivity index (χ0n) is 9.29. The Kier molecular flexibility index (Phi) is 3.90. The molecule has 1 unspecified atom stereocenters. The summed E-state index contributed by atoms with van der Waals surface area (Å²) in [5.74, 6) is 0. The van der Waals surface area contributed by atoms with Gasteiger partial charge in [-0.05, 0) is 32.6 Å². The van der Waals surface area contributed by atoms with E-state index in [1.54, 1.807) is 0 Å². The zero-order chi connectivity index (χ0) is 11.5. The van der Waals surface area contributed by atoms with E-state index in [1.807, 2.05) is 50.2 Å². The molecule has 1 rings (SSSR count). The van der Waals surface area contributed by atoms with Gasteiger partial charge in [0.15, 0.2) is 0 Å². The molecule has 0 aromatic heterocycles. The molecule has 0 aliphatic carbocycles. The minimum absolute atomic E-state index is 0.454. The van der Waals surface area contributed by atoms with Gasteiger partial charge < -0.3 is 0 Å². The quantitative estimate of drug-likeness (QED) is 0.842. The molecule has 1 aromatic carbocycles. The van der Waals surface area contributed by atoms with Crippen LogP contribution in [0.15, 0.2) is 28.7 Å². The highest BCUT2D eigenvalue weighted by Crippen LogP contribution is 2.23. The molecule has 0 radical (unpaired) electrons. The Morgan fingerprint density at radius 2 is 2.00 bits per heavy atom. The first-order valence-electron chi connectivity index (χ1n) is 4.82. The van der Waals surface area contributed by atoms with E-state index in [1.165, 1.54) is 0 Å². The fraction of sp³-hybridized carbons (Fsp3) is 0.417. The van der Waals surface area contributed by atoms with Gasteiger partial charge in [-0.15, -0.1) is 0 Å². The van der Waals surface area contributed by atoms with Crippen LogP contribution < -0.4 is 0 Å². The summed E-state index contributed by atoms with van der Waals surface area (Å²) in [6, 6.07) is 10.4. The van der Waals surface area contributed by atoms with Gasteiger partial charge in [0, 0.05) is 10.9 Å². The third-order valence-corrected chi connectivity index (χ3v) is 3.49. The summed E-state index contributed by atoms with van der Waals surface area (Å²) in [4.78, 5) is 1.95. The van der Waals surface area contributed by atoms with Crippen molar-refractivity contribution in [2.75, 3.05) is 14.1 Å². The number of rotatable bonds is 3. The molecule has 0 heterocycles. The van der Waals surface area contributed by atoms with E-state index in [4.69, 9.17) is 0 Å². The molecular formula is C12H15BrN2. The number of hydrogen-bond acceptors (Lipinski definition) is 2. The molecule has 80 valence electrons. The SMILES string of the molecule is CN(C)C(C)(C#N)Cc1ccccc1Br. The largest absolute Gasteiger partial charge is 0.292 e. The standard InChI is InChI=1S/C12H15BrN2/c1-12(9-14,15(2)3)8-10-6-4-5-7-11(10)13/h4-7H,8H2,1-3H3. The summed E-state index contributed by atoms with van der Waals surface area (Å²) < 4.78 is 1.06. The molecule has 2 nitrogen and oxygen atoms in total. The predicted octanol–water partition coefficient (Wildman–Crippen LogP) is 2.84. The Hall–Kier alpha value is -0.850. The van der Waals surface area contributed by atoms with E-state index in [-0.39, 0.29) is 0 Å². The van der Waals surface area contributed by atoms with Crippen molar-refractivity contribution in [3.8, 4) is 6.07 Å². The molecule has 1 atom stereocenters. The van der Waals surface area contributed by atoms with Gasteiger partial charge in [-0.1, -0.05) is 34.1 Å². The number of nitriles is 1. The molecule has 0 aliphatic rings. The topological polar surface area (TPSA) is 27.0 Å². The molecule has 0 saturated carbocycles. The summed E-state index contributed by atoms with van der Waals surface area (Å²) in [6.45, 7) is 1.95. The smallest absolute Gasteiger partial charge is 0.110 e. The third kappa shape index (κ3) is 2.80. The Bertz CT molecular complexity index is 381. The second-order valence-corrected chi connectivity index (χ2v) is 4.90. The van der Waals surface area contributed by atoms with Crippen molar-refractivity contribution >= 4 is 15.9 Å². The van der Waals surface area contributed by atoms with Crippen LogP contribution in [0.1, 0.15) is 12.5 Å². The maximum Gasteiger partial charge on any atom is 0.110 e. The summed E-state index contributed by atoms with van der Waals surface area (Å²) in [6.07, 6.45) is 0.720. The lowest BCUT2D eigenvalue weighted by Crippen LogP contribution is -2.41. The Balaban J connectivity index is 2.96. The van der Waals surface area contributed by atoms with Gasteiger partial charge in [0.1, 0.15) is 5.54 Å². The monoisotopic (exact) mass is 266 g/mol. The van der Waals surface area contributed by atoms with Gasteiger partial charge in [-0.3, -0.25) is 4.90 Å². The van der Waals surface area contributed by atoms with Crippen molar-refractivity contribution in [2.24, 2.45) is 0 Å². The van der Waals surface area contributed by atoms with Gasteiger partial charge in [-0.2, -0.15) is 5.26 Å². The maximum absolute atomic E-state index is 9.20. The summed E-state index contributed by atoms with van der Waals surface area (Å²) >= 11 is 3.50. The van der Waals surface area contributed by atoms with Crippen LogP contribution in [0.2, 0.25) is 0 Å². The second-order valence-electron chi connectivity index (χ2n) is 4.05. The molecule has 0 saturated heterocycles. The van der Waals surface area contributed by atoms with Crippen LogP contribution in [0.25, 0.3) is 0 Å². The first kappa shape index (κ1) is 12.2. The van der Waals surface area contributed by atoms with Crippen LogP contribution in [0, 0.1) is 11.3 Å². The average Bonchev–Trinajstić information content (AvgIpc) is 2.21. The van der Waals surface area contributed by atoms with Gasteiger partial charge in [0.2, 0.25) is 0 Å². The van der Waals surface area contributed by atoms with Crippen molar-refractivity contribution in [2.45, 2.75) is 18.9 Å². The summed E-state index contributed by atoms with van der Waals surface area (Å²) in [7, 11) is 3.86. The van der Waals surface area contributed by atoms with Gasteiger partial charge in [0.05, 0.1) is 6.07 Å². The van der Waals surface area contributed by atoms with Crippen molar-refractivity contribution < 1.29 is 0 Å². The molecule has 0 amide bonds. The average molecular weight is 267 g/mol. The molecule has 0 bridgehead atoms. The highest BCUT2D eigenvalue weighted by atomic mass is 79.9. The summed E-state index contributed by atoms with van der Waals surface area (Å²) in [5.41, 5.74) is 0.708. The molecule has 1 aromatic rings. The molecular weight excluding hydrogens is 252 g/mol. The lowest BCUT2D eigenvalue weighted by Gasteiger charge is -2.29. The van der Waals surface area contributed by atoms with Crippen LogP contribution in [0.4, 0.5) is 0 Å². The lowest BCUT2D eigenvalue weighted by molar-refractivity contribution is 0.236. The van der Waals surface area contributed by atoms with Crippen molar-refractivity contribution in [1.82, 2.24) is 4.90 Å². The van der Waals surface area contributed by atoms with Crippen LogP contribution in [-0.2, 0) is 6.42 Å². The van der Waals surface area contributed by atoms with E-state index in [0.717, 1.165) is 16.5 Å². The molecule has 3 heteroatoms. The maximum atomic E-state index is 9.20. The lowest BCUT2D eigenvalue weighted by atomic mass is 9.93. The van der Waals surface area contributed by atoms with Crippen molar-refractivity contribution in [3.05, 3.63) is 34.3 Å². The van der Waals surface area contributed by atoms with Crippen LogP contribution in [0.5, 0.6) is 0 Å². The van der Waals surface area contributed by atoms with E-state index in [0.29, 0.717) is 0 Å². The molecule has 0 aliphatic heterocycles. The Morgan fingerprint density at radius 3 is 2.47 bits per heavy atom. The van der Waals surface area contributed by atoms with E-state index >= 15 is 0 Å². The van der Waals surface area contributed by atoms with Gasteiger partial charge in [0.25, 0.3) is 0 Å². The van der Waals surface area contributed by atoms with Gasteiger partial charge in [-0.25, -0.2) is 0 Å². The summed E-state index contributed by atoms with van der Waals surface area (Å²) in [5, 5.41) is 9.20. The number of benzene rings is 1. The Labute approximate surface area is 99.6 Å².